The summed E-state index contributed by atoms with van der Waals surface area (Å²) < 4.78 is 2.64. The number of nitrogens with zero attached hydrogens (tertiary/aromatic N) is 1. The first-order valence-electron chi connectivity index (χ1n) is 23.1. The van der Waals surface area contributed by atoms with Gasteiger partial charge in [-0.15, -0.1) is 11.3 Å². The van der Waals surface area contributed by atoms with Gasteiger partial charge in [-0.2, -0.15) is 0 Å². The Bertz CT molecular complexity index is 3720. The van der Waals surface area contributed by atoms with E-state index in [1.54, 1.807) is 0 Å². The second-order valence-corrected chi connectivity index (χ2v) is 18.6. The predicted molar refractivity (Wildman–Crippen MR) is 285 cm³/mol. The molecule has 1 aliphatic rings. The molecule has 0 fully saturated rings. The zero-order valence-corrected chi connectivity index (χ0v) is 37.5. The number of anilines is 3. The van der Waals surface area contributed by atoms with Gasteiger partial charge in [0, 0.05) is 36.9 Å². The van der Waals surface area contributed by atoms with Crippen LogP contribution in [0.15, 0.2) is 261 Å². The Balaban J connectivity index is 1.07. The first-order valence-corrected chi connectivity index (χ1v) is 23.9. The maximum absolute atomic E-state index is 2.49. The van der Waals surface area contributed by atoms with Crippen molar-refractivity contribution >= 4 is 59.3 Å². The standard InChI is InChI=1S/C65H43NS/c1-5-18-44(19-6-1)46-32-37-51(38-33-46)66(52-39-34-47(35-40-52)53-29-17-30-58-56-27-15-16-31-62(56)67-64(53)58)61-43-59-54-41-36-48(45-20-7-2-8-21-45)42-60(54)65(49-22-9-3-10-23-49,50-24-11-4-12-25-50)63(59)57-28-14-13-26-55(57)61/h1-43H. The van der Waals surface area contributed by atoms with Crippen molar-refractivity contribution in [1.82, 2.24) is 0 Å². The Labute approximate surface area is 395 Å². The van der Waals surface area contributed by atoms with E-state index in [0.717, 1.165) is 17.1 Å². The zero-order chi connectivity index (χ0) is 44.3. The highest BCUT2D eigenvalue weighted by atomic mass is 32.1. The summed E-state index contributed by atoms with van der Waals surface area (Å²) >= 11 is 1.88. The number of benzene rings is 11. The molecule has 1 aromatic heterocycles. The average molecular weight is 870 g/mol. The van der Waals surface area contributed by atoms with Gasteiger partial charge in [-0.1, -0.05) is 218 Å². The number of hydrogen-bond acceptors (Lipinski definition) is 2. The molecule has 0 unspecified atom stereocenters. The maximum Gasteiger partial charge on any atom is 0.0719 e. The molecule has 1 aliphatic carbocycles. The SMILES string of the molecule is c1ccc(-c2ccc(N(c3ccc(-c4cccc5c4sc4ccccc45)cc3)c3cc4c(c5ccccc35)C(c3ccccc3)(c3ccccc3)c3cc(-c5ccccc5)ccc3-4)cc2)cc1. The first kappa shape index (κ1) is 39.1. The molecule has 0 spiro atoms. The van der Waals surface area contributed by atoms with Gasteiger partial charge < -0.3 is 4.90 Å². The van der Waals surface area contributed by atoms with Gasteiger partial charge in [0.05, 0.1) is 11.1 Å². The van der Waals surface area contributed by atoms with Gasteiger partial charge >= 0.3 is 0 Å². The van der Waals surface area contributed by atoms with E-state index in [-0.39, 0.29) is 0 Å². The summed E-state index contributed by atoms with van der Waals surface area (Å²) in [6, 6.07) is 96.4. The van der Waals surface area contributed by atoms with Crippen LogP contribution in [0, 0.1) is 0 Å². The minimum absolute atomic E-state index is 0.590. The fourth-order valence-corrected chi connectivity index (χ4v) is 12.2. The van der Waals surface area contributed by atoms with Crippen LogP contribution in [0.2, 0.25) is 0 Å². The lowest BCUT2D eigenvalue weighted by atomic mass is 9.66. The molecule has 314 valence electrons. The van der Waals surface area contributed by atoms with Crippen molar-refractivity contribution in [3.8, 4) is 44.5 Å². The van der Waals surface area contributed by atoms with E-state index < -0.39 is 5.41 Å². The average Bonchev–Trinajstić information content (AvgIpc) is 3.94. The highest BCUT2D eigenvalue weighted by Crippen LogP contribution is 2.60. The van der Waals surface area contributed by atoms with Crippen molar-refractivity contribution in [1.29, 1.82) is 0 Å². The molecule has 0 bridgehead atoms. The lowest BCUT2D eigenvalue weighted by molar-refractivity contribution is 0.776. The molecule has 0 saturated heterocycles. The van der Waals surface area contributed by atoms with E-state index >= 15 is 0 Å². The van der Waals surface area contributed by atoms with Gasteiger partial charge in [-0.25, -0.2) is 0 Å². The van der Waals surface area contributed by atoms with Gasteiger partial charge in [0.15, 0.2) is 0 Å². The second kappa shape index (κ2) is 16.0. The summed E-state index contributed by atoms with van der Waals surface area (Å²) in [5.41, 5.74) is 17.6. The summed E-state index contributed by atoms with van der Waals surface area (Å²) in [6.07, 6.45) is 0. The third kappa shape index (κ3) is 6.29. The van der Waals surface area contributed by atoms with Crippen LogP contribution in [0.5, 0.6) is 0 Å². The molecule has 0 atom stereocenters. The van der Waals surface area contributed by atoms with Crippen molar-refractivity contribution in [2.24, 2.45) is 0 Å². The smallest absolute Gasteiger partial charge is 0.0719 e. The monoisotopic (exact) mass is 869 g/mol. The molecule has 1 nitrogen and oxygen atoms in total. The van der Waals surface area contributed by atoms with E-state index in [1.807, 2.05) is 11.3 Å². The summed E-state index contributed by atoms with van der Waals surface area (Å²) in [5, 5.41) is 5.06. The highest BCUT2D eigenvalue weighted by molar-refractivity contribution is 7.26. The maximum atomic E-state index is 2.49. The zero-order valence-electron chi connectivity index (χ0n) is 36.7. The van der Waals surface area contributed by atoms with Crippen LogP contribution in [-0.4, -0.2) is 0 Å². The lowest BCUT2D eigenvalue weighted by Gasteiger charge is -2.35. The predicted octanol–water partition coefficient (Wildman–Crippen LogP) is 18.0. The fraction of sp³-hybridized carbons (Fsp3) is 0.0154. The third-order valence-corrected chi connectivity index (χ3v) is 15.2. The van der Waals surface area contributed by atoms with Crippen molar-refractivity contribution < 1.29 is 0 Å². The Morgan fingerprint density at radius 2 is 0.806 bits per heavy atom. The van der Waals surface area contributed by atoms with Crippen LogP contribution < -0.4 is 4.90 Å². The largest absolute Gasteiger partial charge is 0.310 e. The molecular weight excluding hydrogens is 827 g/mol. The summed E-state index contributed by atoms with van der Waals surface area (Å²) in [4.78, 5) is 2.48. The van der Waals surface area contributed by atoms with Crippen LogP contribution in [0.25, 0.3) is 75.5 Å². The molecule has 0 saturated carbocycles. The number of thiophene rings is 1. The van der Waals surface area contributed by atoms with E-state index in [0.29, 0.717) is 0 Å². The van der Waals surface area contributed by atoms with Crippen LogP contribution in [0.1, 0.15) is 22.3 Å². The van der Waals surface area contributed by atoms with Gasteiger partial charge in [0.2, 0.25) is 0 Å². The van der Waals surface area contributed by atoms with Crippen LogP contribution in [0.3, 0.4) is 0 Å². The minimum Gasteiger partial charge on any atom is -0.310 e. The molecule has 0 aliphatic heterocycles. The van der Waals surface area contributed by atoms with E-state index in [4.69, 9.17) is 0 Å². The molecule has 0 amide bonds. The molecule has 2 heteroatoms. The van der Waals surface area contributed by atoms with Gasteiger partial charge in [0.1, 0.15) is 0 Å². The van der Waals surface area contributed by atoms with Crippen molar-refractivity contribution in [3.05, 3.63) is 283 Å². The van der Waals surface area contributed by atoms with Gasteiger partial charge in [-0.05, 0) is 115 Å². The lowest BCUT2D eigenvalue weighted by Crippen LogP contribution is -2.29. The van der Waals surface area contributed by atoms with Crippen molar-refractivity contribution in [3.63, 3.8) is 0 Å². The second-order valence-electron chi connectivity index (χ2n) is 17.5. The van der Waals surface area contributed by atoms with Crippen molar-refractivity contribution in [2.45, 2.75) is 5.41 Å². The Hall–Kier alpha value is -8.30. The van der Waals surface area contributed by atoms with E-state index in [1.165, 1.54) is 97.7 Å². The van der Waals surface area contributed by atoms with Gasteiger partial charge in [-0.3, -0.25) is 0 Å². The molecule has 0 N–H and O–H groups in total. The molecule has 67 heavy (non-hydrogen) atoms. The molecule has 13 rings (SSSR count). The Morgan fingerprint density at radius 3 is 1.45 bits per heavy atom. The quantitative estimate of drug-likeness (QED) is 0.147. The first-order chi connectivity index (χ1) is 33.2. The Kier molecular flexibility index (Phi) is 9.33. The van der Waals surface area contributed by atoms with E-state index in [9.17, 15) is 0 Å². The third-order valence-electron chi connectivity index (χ3n) is 13.9. The Morgan fingerprint density at radius 1 is 0.313 bits per heavy atom. The molecule has 1 heterocycles. The number of rotatable bonds is 8. The van der Waals surface area contributed by atoms with Crippen LogP contribution in [0.4, 0.5) is 17.1 Å². The molecule has 11 aromatic carbocycles. The highest BCUT2D eigenvalue weighted by Gasteiger charge is 2.48. The topological polar surface area (TPSA) is 3.24 Å². The fourth-order valence-electron chi connectivity index (χ4n) is 11.0. The molecule has 0 radical (unpaired) electrons. The molecule has 12 aromatic rings. The number of fused-ring (bicyclic) bond motifs is 8. The summed E-state index contributed by atoms with van der Waals surface area (Å²) in [5.74, 6) is 0. The van der Waals surface area contributed by atoms with E-state index in [2.05, 4.69) is 266 Å². The molecular formula is C65H43NS. The minimum atomic E-state index is -0.590. The van der Waals surface area contributed by atoms with Crippen LogP contribution >= 0.6 is 11.3 Å². The van der Waals surface area contributed by atoms with Crippen molar-refractivity contribution in [2.75, 3.05) is 4.90 Å². The van der Waals surface area contributed by atoms with Crippen LogP contribution in [-0.2, 0) is 5.41 Å². The summed E-state index contributed by atoms with van der Waals surface area (Å²) in [7, 11) is 0. The normalized spacial score (nSPS) is 12.6. The number of hydrogen-bond donors (Lipinski definition) is 0. The summed E-state index contributed by atoms with van der Waals surface area (Å²) in [6.45, 7) is 0. The van der Waals surface area contributed by atoms with Gasteiger partial charge in [0.25, 0.3) is 0 Å².